The highest BCUT2D eigenvalue weighted by atomic mass is 32.2. The molecule has 122 valence electrons. The van der Waals surface area contributed by atoms with Gasteiger partial charge in [0.05, 0.1) is 16.3 Å². The molecule has 24 heavy (non-hydrogen) atoms. The van der Waals surface area contributed by atoms with E-state index in [1.165, 1.54) is 10.5 Å². The standard InChI is InChI=1S/C19H19N3OS/c23-19(17-12-13-6-1-4-9-16(13)24-17)20-11-5-10-18-21-14-7-2-3-8-15(14)22-18/h1-4,6-9,17H,5,10-12H2,(H,20,23)(H,21,22)/t17-/m1/s1. The maximum Gasteiger partial charge on any atom is 0.233 e. The minimum absolute atomic E-state index is 0.00796. The average Bonchev–Trinajstić information content (AvgIpc) is 3.21. The molecule has 2 N–H and O–H groups in total. The van der Waals surface area contributed by atoms with Gasteiger partial charge in [-0.1, -0.05) is 30.3 Å². The van der Waals surface area contributed by atoms with E-state index in [-0.39, 0.29) is 11.2 Å². The van der Waals surface area contributed by atoms with Crippen LogP contribution in [0.5, 0.6) is 0 Å². The van der Waals surface area contributed by atoms with E-state index in [2.05, 4.69) is 27.4 Å². The number of carbonyl (C=O) groups is 1. The van der Waals surface area contributed by atoms with E-state index in [4.69, 9.17) is 0 Å². The molecule has 1 aromatic heterocycles. The summed E-state index contributed by atoms with van der Waals surface area (Å²) in [4.78, 5) is 21.4. The van der Waals surface area contributed by atoms with E-state index >= 15 is 0 Å². The fourth-order valence-corrected chi connectivity index (χ4v) is 4.25. The Labute approximate surface area is 145 Å². The van der Waals surface area contributed by atoms with E-state index < -0.39 is 0 Å². The molecule has 0 bridgehead atoms. The number of aromatic nitrogens is 2. The molecule has 0 spiro atoms. The molecule has 0 unspecified atom stereocenters. The lowest BCUT2D eigenvalue weighted by molar-refractivity contribution is -0.120. The Balaban J connectivity index is 1.25. The number of aryl methyl sites for hydroxylation is 1. The number of nitrogens with zero attached hydrogens (tertiary/aromatic N) is 1. The Morgan fingerprint density at radius 1 is 1.21 bits per heavy atom. The fourth-order valence-electron chi connectivity index (χ4n) is 3.03. The lowest BCUT2D eigenvalue weighted by atomic mass is 10.1. The van der Waals surface area contributed by atoms with Gasteiger partial charge in [0.1, 0.15) is 5.82 Å². The predicted octanol–water partition coefficient (Wildman–Crippen LogP) is 3.33. The number of rotatable bonds is 5. The van der Waals surface area contributed by atoms with Crippen molar-refractivity contribution in [2.75, 3.05) is 6.54 Å². The molecule has 1 atom stereocenters. The predicted molar refractivity (Wildman–Crippen MR) is 97.2 cm³/mol. The van der Waals surface area contributed by atoms with Gasteiger partial charge in [0.25, 0.3) is 0 Å². The van der Waals surface area contributed by atoms with E-state index in [9.17, 15) is 4.79 Å². The summed E-state index contributed by atoms with van der Waals surface area (Å²) in [5.74, 6) is 1.12. The number of aromatic amines is 1. The molecule has 2 heterocycles. The van der Waals surface area contributed by atoms with Crippen molar-refractivity contribution in [1.82, 2.24) is 15.3 Å². The summed E-state index contributed by atoms with van der Waals surface area (Å²) in [6.07, 6.45) is 2.55. The maximum atomic E-state index is 12.3. The van der Waals surface area contributed by atoms with Gasteiger partial charge in [-0.05, 0) is 36.6 Å². The first kappa shape index (κ1) is 15.3. The maximum absolute atomic E-state index is 12.3. The molecular weight excluding hydrogens is 318 g/mol. The van der Waals surface area contributed by atoms with Gasteiger partial charge in [-0.2, -0.15) is 0 Å². The Bertz CT molecular complexity index is 816. The van der Waals surface area contributed by atoms with Crippen molar-refractivity contribution in [3.05, 3.63) is 59.9 Å². The summed E-state index contributed by atoms with van der Waals surface area (Å²) in [6, 6.07) is 16.3. The highest BCUT2D eigenvalue weighted by molar-refractivity contribution is 8.01. The molecule has 1 aliphatic heterocycles. The quantitative estimate of drug-likeness (QED) is 0.702. The van der Waals surface area contributed by atoms with Crippen LogP contribution in [0.2, 0.25) is 0 Å². The van der Waals surface area contributed by atoms with Crippen molar-refractivity contribution in [2.45, 2.75) is 29.4 Å². The van der Waals surface area contributed by atoms with Gasteiger partial charge in [0.2, 0.25) is 5.91 Å². The molecule has 2 aromatic carbocycles. The van der Waals surface area contributed by atoms with Crippen molar-refractivity contribution in [2.24, 2.45) is 0 Å². The van der Waals surface area contributed by atoms with Crippen molar-refractivity contribution in [3.8, 4) is 0 Å². The molecule has 1 amide bonds. The molecular formula is C19H19N3OS. The van der Waals surface area contributed by atoms with E-state index in [1.54, 1.807) is 11.8 Å². The summed E-state index contributed by atoms with van der Waals surface area (Å²) in [6.45, 7) is 0.684. The Morgan fingerprint density at radius 2 is 2.04 bits per heavy atom. The first-order chi connectivity index (χ1) is 11.8. The largest absolute Gasteiger partial charge is 0.355 e. The van der Waals surface area contributed by atoms with Crippen LogP contribution in [0.3, 0.4) is 0 Å². The zero-order chi connectivity index (χ0) is 16.4. The summed E-state index contributed by atoms with van der Waals surface area (Å²) in [5.41, 5.74) is 3.35. The normalized spacial score (nSPS) is 16.2. The van der Waals surface area contributed by atoms with Crippen molar-refractivity contribution < 1.29 is 4.79 Å². The van der Waals surface area contributed by atoms with Crippen LogP contribution in [0.4, 0.5) is 0 Å². The van der Waals surface area contributed by atoms with Crippen molar-refractivity contribution >= 4 is 28.7 Å². The minimum Gasteiger partial charge on any atom is -0.355 e. The second-order valence-corrected chi connectivity index (χ2v) is 7.26. The van der Waals surface area contributed by atoms with Crippen LogP contribution in [0.25, 0.3) is 11.0 Å². The number of carbonyl (C=O) groups excluding carboxylic acids is 1. The third-order valence-corrected chi connectivity index (χ3v) is 5.59. The van der Waals surface area contributed by atoms with Crippen LogP contribution >= 0.6 is 11.8 Å². The number of hydrogen-bond donors (Lipinski definition) is 2. The molecule has 0 saturated heterocycles. The van der Waals surface area contributed by atoms with E-state index in [1.807, 2.05) is 36.4 Å². The molecule has 4 nitrogen and oxygen atoms in total. The summed E-state index contributed by atoms with van der Waals surface area (Å²) >= 11 is 1.67. The number of imidazole rings is 1. The summed E-state index contributed by atoms with van der Waals surface area (Å²) in [5, 5.41) is 3.07. The highest BCUT2D eigenvalue weighted by Gasteiger charge is 2.27. The second kappa shape index (κ2) is 6.69. The lowest BCUT2D eigenvalue weighted by Gasteiger charge is -2.09. The molecule has 4 rings (SSSR count). The van der Waals surface area contributed by atoms with Gasteiger partial charge < -0.3 is 10.3 Å². The average molecular weight is 337 g/mol. The van der Waals surface area contributed by atoms with Gasteiger partial charge in [-0.15, -0.1) is 11.8 Å². The van der Waals surface area contributed by atoms with Crippen LogP contribution in [-0.4, -0.2) is 27.7 Å². The topological polar surface area (TPSA) is 57.8 Å². The highest BCUT2D eigenvalue weighted by Crippen LogP contribution is 2.36. The molecule has 3 aromatic rings. The number of nitrogens with one attached hydrogen (secondary N) is 2. The monoisotopic (exact) mass is 337 g/mol. The molecule has 5 heteroatoms. The van der Waals surface area contributed by atoms with Crippen molar-refractivity contribution in [1.29, 1.82) is 0 Å². The van der Waals surface area contributed by atoms with Gasteiger partial charge in [0.15, 0.2) is 0 Å². The molecule has 0 fully saturated rings. The molecule has 0 radical (unpaired) electrons. The molecule has 1 aliphatic rings. The van der Waals surface area contributed by atoms with Gasteiger partial charge in [-0.25, -0.2) is 4.98 Å². The number of hydrogen-bond acceptors (Lipinski definition) is 3. The number of H-pyrrole nitrogens is 1. The SMILES string of the molecule is O=C(NCCCc1nc2ccccc2[nH]1)[C@H]1Cc2ccccc2S1. The third-order valence-electron chi connectivity index (χ3n) is 4.27. The van der Waals surface area contributed by atoms with Gasteiger partial charge >= 0.3 is 0 Å². The third kappa shape index (κ3) is 3.17. The summed E-state index contributed by atoms with van der Waals surface area (Å²) < 4.78 is 0. The van der Waals surface area contributed by atoms with Crippen LogP contribution in [0, 0.1) is 0 Å². The zero-order valence-corrected chi connectivity index (χ0v) is 14.1. The molecule has 0 aliphatic carbocycles. The Morgan fingerprint density at radius 3 is 2.92 bits per heavy atom. The minimum atomic E-state index is 0.00796. The second-order valence-electron chi connectivity index (χ2n) is 6.01. The number of thioether (sulfide) groups is 1. The van der Waals surface area contributed by atoms with Gasteiger partial charge in [0, 0.05) is 17.9 Å². The van der Waals surface area contributed by atoms with Crippen LogP contribution in [-0.2, 0) is 17.6 Å². The first-order valence-electron chi connectivity index (χ1n) is 8.25. The Hall–Kier alpha value is -2.27. The van der Waals surface area contributed by atoms with Gasteiger partial charge in [-0.3, -0.25) is 4.79 Å². The van der Waals surface area contributed by atoms with Crippen LogP contribution in [0.1, 0.15) is 17.8 Å². The zero-order valence-electron chi connectivity index (χ0n) is 13.3. The summed E-state index contributed by atoms with van der Waals surface area (Å²) in [7, 11) is 0. The van der Waals surface area contributed by atoms with E-state index in [0.717, 1.165) is 36.1 Å². The fraction of sp³-hybridized carbons (Fsp3) is 0.263. The smallest absolute Gasteiger partial charge is 0.233 e. The Kier molecular flexibility index (Phi) is 4.26. The molecule has 0 saturated carbocycles. The van der Waals surface area contributed by atoms with Crippen molar-refractivity contribution in [3.63, 3.8) is 0 Å². The van der Waals surface area contributed by atoms with Crippen LogP contribution < -0.4 is 5.32 Å². The van der Waals surface area contributed by atoms with E-state index in [0.29, 0.717) is 6.54 Å². The first-order valence-corrected chi connectivity index (χ1v) is 9.13. The van der Waals surface area contributed by atoms with Crippen LogP contribution in [0.15, 0.2) is 53.4 Å². The number of fused-ring (bicyclic) bond motifs is 2. The number of para-hydroxylation sites is 2. The number of amides is 1. The number of benzene rings is 2. The lowest BCUT2D eigenvalue weighted by Crippen LogP contribution is -2.33.